The number of nitro benzene ring substituents is 1. The van der Waals surface area contributed by atoms with Crippen LogP contribution in [-0.4, -0.2) is 22.3 Å². The van der Waals surface area contributed by atoms with E-state index < -0.39 is 4.92 Å². The Bertz CT molecular complexity index is 770. The summed E-state index contributed by atoms with van der Waals surface area (Å²) in [4.78, 5) is 10.2. The summed E-state index contributed by atoms with van der Waals surface area (Å²) in [5.74, 6) is 0.209. The van der Waals surface area contributed by atoms with Crippen molar-refractivity contribution >= 4 is 46.0 Å². The highest BCUT2D eigenvalue weighted by molar-refractivity contribution is 7.80. The molecule has 0 aliphatic carbocycles. The van der Waals surface area contributed by atoms with Crippen LogP contribution in [0.4, 0.5) is 17.1 Å². The van der Waals surface area contributed by atoms with Crippen LogP contribution >= 0.6 is 23.8 Å². The molecule has 23 heavy (non-hydrogen) atoms. The number of nitrogens with zero attached hydrogens (tertiary/aromatic N) is 1. The van der Waals surface area contributed by atoms with Gasteiger partial charge < -0.3 is 20.5 Å². The second-order valence-corrected chi connectivity index (χ2v) is 5.23. The summed E-state index contributed by atoms with van der Waals surface area (Å²) < 4.78 is 5.11. The van der Waals surface area contributed by atoms with E-state index in [0.717, 1.165) is 0 Å². The monoisotopic (exact) mass is 353 g/mol. The molecule has 2 rings (SSSR count). The molecule has 0 aliphatic rings. The Morgan fingerprint density at radius 2 is 1.91 bits per heavy atom. The van der Waals surface area contributed by atoms with Gasteiger partial charge in [0.15, 0.2) is 5.11 Å². The number of thiocarbonyl (C=S) groups is 1. The first kappa shape index (κ1) is 16.8. The molecule has 0 saturated heterocycles. The fourth-order valence-electron chi connectivity index (χ4n) is 1.78. The number of rotatable bonds is 4. The van der Waals surface area contributed by atoms with Crippen LogP contribution in [-0.2, 0) is 0 Å². The lowest BCUT2D eigenvalue weighted by Gasteiger charge is -2.14. The molecule has 3 N–H and O–H groups in total. The van der Waals surface area contributed by atoms with E-state index in [-0.39, 0.29) is 22.3 Å². The Kier molecular flexibility index (Phi) is 5.20. The number of phenolic OH excluding ortho intramolecular Hbond substituents is 1. The van der Waals surface area contributed by atoms with Crippen molar-refractivity contribution in [3.63, 3.8) is 0 Å². The molecule has 120 valence electrons. The van der Waals surface area contributed by atoms with Crippen LogP contribution in [0.5, 0.6) is 11.5 Å². The summed E-state index contributed by atoms with van der Waals surface area (Å²) in [5.41, 5.74) is 0.721. The van der Waals surface area contributed by atoms with Gasteiger partial charge in [0.05, 0.1) is 29.5 Å². The summed E-state index contributed by atoms with van der Waals surface area (Å²) in [6, 6.07) is 8.63. The van der Waals surface area contributed by atoms with Gasteiger partial charge in [-0.05, 0) is 30.4 Å². The minimum absolute atomic E-state index is 0.0580. The highest BCUT2D eigenvalue weighted by Crippen LogP contribution is 2.30. The molecule has 0 heterocycles. The maximum absolute atomic E-state index is 10.8. The van der Waals surface area contributed by atoms with E-state index in [4.69, 9.17) is 28.6 Å². The fraction of sp³-hybridized carbons (Fsp3) is 0.0714. The molecule has 0 radical (unpaired) electrons. The molecule has 0 saturated carbocycles. The molecular weight excluding hydrogens is 342 g/mol. The van der Waals surface area contributed by atoms with Crippen molar-refractivity contribution in [3.8, 4) is 11.5 Å². The van der Waals surface area contributed by atoms with Crippen molar-refractivity contribution in [2.24, 2.45) is 0 Å². The number of ether oxygens (including phenoxy) is 1. The van der Waals surface area contributed by atoms with Gasteiger partial charge in [-0.3, -0.25) is 10.1 Å². The maximum atomic E-state index is 10.8. The lowest BCUT2D eigenvalue weighted by Crippen LogP contribution is -2.19. The third-order valence-corrected chi connectivity index (χ3v) is 3.29. The largest absolute Gasteiger partial charge is 0.506 e. The van der Waals surface area contributed by atoms with E-state index in [1.807, 2.05) is 0 Å². The van der Waals surface area contributed by atoms with Gasteiger partial charge in [-0.1, -0.05) is 11.6 Å². The van der Waals surface area contributed by atoms with Crippen LogP contribution in [0.2, 0.25) is 5.02 Å². The molecule has 0 spiro atoms. The van der Waals surface area contributed by atoms with Gasteiger partial charge in [0.1, 0.15) is 11.5 Å². The molecular formula is C14H12ClN3O4S. The number of aromatic hydroxyl groups is 1. The third kappa shape index (κ3) is 4.21. The summed E-state index contributed by atoms with van der Waals surface area (Å²) in [7, 11) is 1.39. The molecule has 0 fully saturated rings. The Morgan fingerprint density at radius 3 is 2.52 bits per heavy atom. The number of hydrogen-bond acceptors (Lipinski definition) is 5. The Morgan fingerprint density at radius 1 is 1.26 bits per heavy atom. The second kappa shape index (κ2) is 7.12. The van der Waals surface area contributed by atoms with Gasteiger partial charge in [-0.25, -0.2) is 0 Å². The third-order valence-electron chi connectivity index (χ3n) is 2.85. The van der Waals surface area contributed by atoms with Crippen LogP contribution in [0.15, 0.2) is 36.4 Å². The Hall–Kier alpha value is -2.58. The van der Waals surface area contributed by atoms with Crippen LogP contribution in [0.25, 0.3) is 0 Å². The van der Waals surface area contributed by atoms with Crippen LogP contribution < -0.4 is 15.4 Å². The van der Waals surface area contributed by atoms with Gasteiger partial charge in [-0.15, -0.1) is 0 Å². The van der Waals surface area contributed by atoms with Crippen molar-refractivity contribution in [2.75, 3.05) is 17.7 Å². The van der Waals surface area contributed by atoms with Gasteiger partial charge in [0.25, 0.3) is 5.69 Å². The number of phenols is 1. The zero-order valence-corrected chi connectivity index (χ0v) is 13.4. The Balaban J connectivity index is 2.15. The fourth-order valence-corrected chi connectivity index (χ4v) is 2.17. The highest BCUT2D eigenvalue weighted by Gasteiger charge is 2.12. The molecule has 0 atom stereocenters. The zero-order valence-electron chi connectivity index (χ0n) is 11.9. The van der Waals surface area contributed by atoms with Gasteiger partial charge in [-0.2, -0.15) is 0 Å². The molecule has 2 aromatic carbocycles. The van der Waals surface area contributed by atoms with E-state index in [2.05, 4.69) is 10.6 Å². The molecule has 2 aromatic rings. The molecule has 7 nitrogen and oxygen atoms in total. The second-order valence-electron chi connectivity index (χ2n) is 4.38. The molecule has 9 heteroatoms. The standard InChI is InChI=1S/C14H12ClN3O4S/c1-22-13-7-9(18(20)21)3-5-11(13)17-14(23)16-10-4-2-8(15)6-12(10)19/h2-7,19H,1H3,(H2,16,17,23). The van der Waals surface area contributed by atoms with E-state index in [9.17, 15) is 15.2 Å². The Labute approximate surface area is 142 Å². The number of methoxy groups -OCH3 is 1. The quantitative estimate of drug-likeness (QED) is 0.333. The predicted molar refractivity (Wildman–Crippen MR) is 92.6 cm³/mol. The number of anilines is 2. The highest BCUT2D eigenvalue weighted by atomic mass is 35.5. The van der Waals surface area contributed by atoms with Crippen molar-refractivity contribution in [1.29, 1.82) is 0 Å². The van der Waals surface area contributed by atoms with Crippen molar-refractivity contribution < 1.29 is 14.8 Å². The van der Waals surface area contributed by atoms with Gasteiger partial charge >= 0.3 is 0 Å². The van der Waals surface area contributed by atoms with Crippen molar-refractivity contribution in [3.05, 3.63) is 51.5 Å². The first-order chi connectivity index (χ1) is 10.9. The molecule has 0 bridgehead atoms. The number of non-ortho nitro benzene ring substituents is 1. The van der Waals surface area contributed by atoms with Crippen LogP contribution in [0.3, 0.4) is 0 Å². The molecule has 0 amide bonds. The SMILES string of the molecule is COc1cc([N+](=O)[O-])ccc1NC(=S)Nc1ccc(Cl)cc1O. The van der Waals surface area contributed by atoms with E-state index in [0.29, 0.717) is 16.4 Å². The topological polar surface area (TPSA) is 96.7 Å². The van der Waals surface area contributed by atoms with Crippen LogP contribution in [0, 0.1) is 10.1 Å². The van der Waals surface area contributed by atoms with E-state index in [1.54, 1.807) is 12.1 Å². The summed E-state index contributed by atoms with van der Waals surface area (Å²) in [5, 5.41) is 26.7. The average molecular weight is 354 g/mol. The smallest absolute Gasteiger partial charge is 0.273 e. The number of benzene rings is 2. The van der Waals surface area contributed by atoms with E-state index >= 15 is 0 Å². The lowest BCUT2D eigenvalue weighted by atomic mass is 10.2. The summed E-state index contributed by atoms with van der Waals surface area (Å²) in [6.07, 6.45) is 0. The maximum Gasteiger partial charge on any atom is 0.273 e. The first-order valence-corrected chi connectivity index (χ1v) is 7.08. The van der Waals surface area contributed by atoms with Crippen molar-refractivity contribution in [2.45, 2.75) is 0 Å². The molecule has 0 aromatic heterocycles. The van der Waals surface area contributed by atoms with Crippen molar-refractivity contribution in [1.82, 2.24) is 0 Å². The molecule has 0 unspecified atom stereocenters. The normalized spacial score (nSPS) is 10.0. The molecule has 0 aliphatic heterocycles. The number of halogens is 1. The number of nitro groups is 1. The van der Waals surface area contributed by atoms with Gasteiger partial charge in [0.2, 0.25) is 0 Å². The summed E-state index contributed by atoms with van der Waals surface area (Å²) >= 11 is 10.9. The lowest BCUT2D eigenvalue weighted by molar-refractivity contribution is -0.384. The number of hydrogen-bond donors (Lipinski definition) is 3. The van der Waals surface area contributed by atoms with E-state index in [1.165, 1.54) is 31.4 Å². The minimum Gasteiger partial charge on any atom is -0.506 e. The minimum atomic E-state index is -0.519. The van der Waals surface area contributed by atoms with Gasteiger partial charge in [0, 0.05) is 17.2 Å². The average Bonchev–Trinajstić information content (AvgIpc) is 2.50. The summed E-state index contributed by atoms with van der Waals surface area (Å²) in [6.45, 7) is 0. The zero-order chi connectivity index (χ0) is 17.0. The predicted octanol–water partition coefficient (Wildman–Crippen LogP) is 3.77. The first-order valence-electron chi connectivity index (χ1n) is 6.29. The number of nitrogens with one attached hydrogen (secondary N) is 2. The van der Waals surface area contributed by atoms with Crippen LogP contribution in [0.1, 0.15) is 0 Å².